The van der Waals surface area contributed by atoms with Gasteiger partial charge in [-0.3, -0.25) is 9.59 Å². The van der Waals surface area contributed by atoms with Crippen LogP contribution in [0.3, 0.4) is 0 Å². The molecule has 1 saturated heterocycles. The lowest BCUT2D eigenvalue weighted by Crippen LogP contribution is -2.81. The summed E-state index contributed by atoms with van der Waals surface area (Å²) in [5.41, 5.74) is -4.73. The van der Waals surface area contributed by atoms with Gasteiger partial charge in [-0.25, -0.2) is 4.79 Å². The number of aliphatic hydroxyl groups is 3. The van der Waals surface area contributed by atoms with Crippen molar-refractivity contribution in [2.75, 3.05) is 6.61 Å². The molecule has 3 N–H and O–H groups in total. The molecule has 0 amide bonds. The zero-order valence-corrected chi connectivity index (χ0v) is 23.3. The molecule has 1 aromatic carbocycles. The van der Waals surface area contributed by atoms with Crippen LogP contribution >= 0.6 is 0 Å². The van der Waals surface area contributed by atoms with Crippen LogP contribution < -0.4 is 0 Å². The maximum Gasteiger partial charge on any atom is 0.338 e. The summed E-state index contributed by atoms with van der Waals surface area (Å²) in [7, 11) is 0. The van der Waals surface area contributed by atoms with Crippen LogP contribution in [0, 0.1) is 22.7 Å². The molecule has 3 fully saturated rings. The molecule has 3 aliphatic carbocycles. The van der Waals surface area contributed by atoms with Gasteiger partial charge in [0, 0.05) is 31.1 Å². The third kappa shape index (κ3) is 3.63. The minimum atomic E-state index is -1.91. The predicted octanol–water partition coefficient (Wildman–Crippen LogP) is 2.36. The number of ketones is 1. The van der Waals surface area contributed by atoms with Crippen LogP contribution in [0.5, 0.6) is 0 Å². The van der Waals surface area contributed by atoms with Crippen molar-refractivity contribution in [2.45, 2.75) is 90.0 Å². The first-order chi connectivity index (χ1) is 18.1. The first-order valence-corrected chi connectivity index (χ1v) is 13.5. The smallest absolute Gasteiger partial charge is 0.338 e. The lowest BCUT2D eigenvalue weighted by Gasteiger charge is -2.67. The molecule has 5 rings (SSSR count). The molecule has 0 spiro atoms. The van der Waals surface area contributed by atoms with Crippen molar-refractivity contribution in [3.63, 3.8) is 0 Å². The van der Waals surface area contributed by atoms with Gasteiger partial charge in [0.1, 0.15) is 23.6 Å². The highest BCUT2D eigenvalue weighted by molar-refractivity contribution is 5.92. The van der Waals surface area contributed by atoms with Crippen LogP contribution in [0.1, 0.15) is 64.7 Å². The number of hydrogen-bond acceptors (Lipinski definition) is 9. The SMILES string of the molecule is CC(=O)O[C@@]12CO[C@@H]1C[C@H](O)[C@@]1(C)C(=O)[C@H](C)C3=C(C)[C@@H](O)C[C@@](O)(C(OC(=O)c4ccccc4)C12)C3(C)C. The van der Waals surface area contributed by atoms with Gasteiger partial charge in [0.25, 0.3) is 0 Å². The summed E-state index contributed by atoms with van der Waals surface area (Å²) in [6.45, 7) is 9.78. The maximum atomic E-state index is 14.5. The zero-order valence-electron chi connectivity index (χ0n) is 23.3. The van der Waals surface area contributed by atoms with Crippen LogP contribution in [0.4, 0.5) is 0 Å². The van der Waals surface area contributed by atoms with Gasteiger partial charge in [0.05, 0.1) is 35.7 Å². The van der Waals surface area contributed by atoms with E-state index in [1.165, 1.54) is 6.92 Å². The Bertz CT molecular complexity index is 1240. The van der Waals surface area contributed by atoms with Gasteiger partial charge < -0.3 is 29.5 Å². The molecule has 212 valence electrons. The van der Waals surface area contributed by atoms with Crippen LogP contribution in [0.2, 0.25) is 0 Å². The summed E-state index contributed by atoms with van der Waals surface area (Å²) >= 11 is 0. The molecule has 4 aliphatic rings. The standard InChI is InChI=1S/C30H38O9/c1-15-19(32)13-30(36)25(38-26(35)18-10-8-7-9-11-18)23-28(6,24(34)16(2)22(15)27(30,4)5)20(33)12-21-29(23,14-37-21)39-17(3)31/h7-11,16,19-21,23,25,32-33,36H,12-14H2,1-6H3/t16-,19+,20+,21-,23?,25?,28-,29+,30-/m1/s1. The second-order valence-electron chi connectivity index (χ2n) is 12.5. The van der Waals surface area contributed by atoms with E-state index >= 15 is 0 Å². The molecule has 2 saturated carbocycles. The molecular weight excluding hydrogens is 504 g/mol. The Kier molecular flexibility index (Phi) is 6.42. The first kappa shape index (κ1) is 28.0. The number of rotatable bonds is 3. The van der Waals surface area contributed by atoms with Crippen LogP contribution in [-0.4, -0.2) is 75.3 Å². The van der Waals surface area contributed by atoms with E-state index in [0.717, 1.165) is 0 Å². The number of benzene rings is 1. The number of carbonyl (C=O) groups excluding carboxylic acids is 3. The van der Waals surface area contributed by atoms with Gasteiger partial charge in [-0.15, -0.1) is 0 Å². The van der Waals surface area contributed by atoms with Crippen LogP contribution in [0.15, 0.2) is 41.5 Å². The number of esters is 2. The molecular formula is C30H38O9. The highest BCUT2D eigenvalue weighted by Gasteiger charge is 2.77. The Hall–Kier alpha value is -2.59. The Balaban J connectivity index is 1.81. The lowest BCUT2D eigenvalue weighted by molar-refractivity contribution is -0.345. The first-order valence-electron chi connectivity index (χ1n) is 13.5. The monoisotopic (exact) mass is 542 g/mol. The number of carbonyl (C=O) groups is 3. The summed E-state index contributed by atoms with van der Waals surface area (Å²) in [4.78, 5) is 40.6. The van der Waals surface area contributed by atoms with E-state index in [9.17, 15) is 29.7 Å². The van der Waals surface area contributed by atoms with Crippen LogP contribution in [-0.2, 0) is 23.8 Å². The molecule has 9 atom stereocenters. The van der Waals surface area contributed by atoms with Gasteiger partial charge in [-0.2, -0.15) is 0 Å². The summed E-state index contributed by atoms with van der Waals surface area (Å²) in [6, 6.07) is 8.26. The van der Waals surface area contributed by atoms with E-state index in [1.807, 2.05) is 0 Å². The van der Waals surface area contributed by atoms with Crippen molar-refractivity contribution < 1.29 is 43.9 Å². The lowest BCUT2D eigenvalue weighted by atomic mass is 9.43. The van der Waals surface area contributed by atoms with E-state index in [2.05, 4.69) is 0 Å². The minimum Gasteiger partial charge on any atom is -0.455 e. The molecule has 1 heterocycles. The Morgan fingerprint density at radius 1 is 1.10 bits per heavy atom. The van der Waals surface area contributed by atoms with Crippen molar-refractivity contribution in [1.29, 1.82) is 0 Å². The van der Waals surface area contributed by atoms with Crippen molar-refractivity contribution in [3.8, 4) is 0 Å². The van der Waals surface area contributed by atoms with Gasteiger partial charge in [-0.05, 0) is 37.1 Å². The third-order valence-corrected chi connectivity index (χ3v) is 10.2. The molecule has 9 nitrogen and oxygen atoms in total. The Morgan fingerprint density at radius 2 is 1.74 bits per heavy atom. The topological polar surface area (TPSA) is 140 Å². The number of hydrogen-bond donors (Lipinski definition) is 3. The van der Waals surface area contributed by atoms with Crippen molar-refractivity contribution >= 4 is 17.7 Å². The van der Waals surface area contributed by atoms with Gasteiger partial charge in [0.15, 0.2) is 5.60 Å². The van der Waals surface area contributed by atoms with Crippen molar-refractivity contribution in [3.05, 3.63) is 47.0 Å². The fourth-order valence-electron chi connectivity index (χ4n) is 8.16. The van der Waals surface area contributed by atoms with Crippen molar-refractivity contribution in [2.24, 2.45) is 22.7 Å². The average molecular weight is 543 g/mol. The van der Waals surface area contributed by atoms with E-state index in [0.29, 0.717) is 11.1 Å². The largest absolute Gasteiger partial charge is 0.455 e. The molecule has 0 aromatic heterocycles. The Labute approximate surface area is 228 Å². The van der Waals surface area contributed by atoms with E-state index in [4.69, 9.17) is 14.2 Å². The second kappa shape index (κ2) is 8.96. The zero-order chi connectivity index (χ0) is 28.7. The summed E-state index contributed by atoms with van der Waals surface area (Å²) in [5, 5.41) is 35.5. The normalized spacial score (nSPS) is 42.7. The van der Waals surface area contributed by atoms with Gasteiger partial charge in [-0.1, -0.05) is 39.0 Å². The average Bonchev–Trinajstić information content (AvgIpc) is 2.87. The number of ether oxygens (including phenoxy) is 3. The molecule has 2 bridgehead atoms. The fraction of sp³-hybridized carbons (Fsp3) is 0.633. The maximum absolute atomic E-state index is 14.5. The molecule has 2 unspecified atom stereocenters. The summed E-state index contributed by atoms with van der Waals surface area (Å²) in [6.07, 6.45) is -4.73. The van der Waals surface area contributed by atoms with Gasteiger partial charge >= 0.3 is 11.9 Å². The molecule has 1 aromatic rings. The quantitative estimate of drug-likeness (QED) is 0.388. The molecule has 1 aliphatic heterocycles. The number of Topliss-reactive ketones (excluding diaryl/α,β-unsaturated/α-hetero) is 1. The highest BCUT2D eigenvalue weighted by Crippen LogP contribution is 2.64. The number of fused-ring (bicyclic) bond motifs is 5. The summed E-state index contributed by atoms with van der Waals surface area (Å²) < 4.78 is 17.9. The minimum absolute atomic E-state index is 0.0283. The van der Waals surface area contributed by atoms with Crippen LogP contribution in [0.25, 0.3) is 0 Å². The van der Waals surface area contributed by atoms with E-state index in [-0.39, 0.29) is 30.8 Å². The predicted molar refractivity (Wildman–Crippen MR) is 138 cm³/mol. The second-order valence-corrected chi connectivity index (χ2v) is 12.5. The van der Waals surface area contributed by atoms with E-state index < -0.39 is 70.2 Å². The summed E-state index contributed by atoms with van der Waals surface area (Å²) in [5.74, 6) is -3.66. The fourth-order valence-corrected chi connectivity index (χ4v) is 8.16. The van der Waals surface area contributed by atoms with Crippen molar-refractivity contribution in [1.82, 2.24) is 0 Å². The van der Waals surface area contributed by atoms with Gasteiger partial charge in [0.2, 0.25) is 0 Å². The molecule has 9 heteroatoms. The number of aliphatic hydroxyl groups excluding tert-OH is 2. The van der Waals surface area contributed by atoms with E-state index in [1.54, 1.807) is 65.0 Å². The molecule has 0 radical (unpaired) electrons. The Morgan fingerprint density at radius 3 is 2.31 bits per heavy atom. The highest BCUT2D eigenvalue weighted by atomic mass is 16.6. The molecule has 39 heavy (non-hydrogen) atoms. The third-order valence-electron chi connectivity index (χ3n) is 10.2.